The zero-order chi connectivity index (χ0) is 15.1. The minimum absolute atomic E-state index is 0.0563. The molecule has 0 radical (unpaired) electrons. The van der Waals surface area contributed by atoms with Crippen molar-refractivity contribution in [1.29, 1.82) is 0 Å². The molecule has 0 saturated carbocycles. The number of hydrogen-bond acceptors (Lipinski definition) is 3. The van der Waals surface area contributed by atoms with Crippen LogP contribution in [0.3, 0.4) is 0 Å². The van der Waals surface area contributed by atoms with Gasteiger partial charge in [0.25, 0.3) is 0 Å². The monoisotopic (exact) mass is 288 g/mol. The highest BCUT2D eigenvalue weighted by molar-refractivity contribution is 5.70. The molecular formula is C18H24O3. The van der Waals surface area contributed by atoms with Crippen molar-refractivity contribution < 1.29 is 14.6 Å². The molecule has 3 heteroatoms. The maximum Gasteiger partial charge on any atom is 0.308 e. The summed E-state index contributed by atoms with van der Waals surface area (Å²) in [5.41, 5.74) is 3.75. The molecule has 1 atom stereocenters. The van der Waals surface area contributed by atoms with Gasteiger partial charge in [0.2, 0.25) is 0 Å². The highest BCUT2D eigenvalue weighted by atomic mass is 16.5. The Morgan fingerprint density at radius 3 is 2.67 bits per heavy atom. The highest BCUT2D eigenvalue weighted by Crippen LogP contribution is 2.26. The number of rotatable bonds is 6. The molecule has 1 aromatic rings. The Morgan fingerprint density at radius 1 is 1.29 bits per heavy atom. The second-order valence-electron chi connectivity index (χ2n) is 5.54. The van der Waals surface area contributed by atoms with Gasteiger partial charge < -0.3 is 9.84 Å². The molecule has 0 amide bonds. The van der Waals surface area contributed by atoms with Crippen molar-refractivity contribution in [1.82, 2.24) is 0 Å². The Kier molecular flexibility index (Phi) is 6.00. The topological polar surface area (TPSA) is 46.5 Å². The molecule has 0 unspecified atom stereocenters. The fourth-order valence-corrected chi connectivity index (χ4v) is 2.71. The Balaban J connectivity index is 1.90. The lowest BCUT2D eigenvalue weighted by Gasteiger charge is -2.14. The van der Waals surface area contributed by atoms with E-state index in [0.717, 1.165) is 12.0 Å². The van der Waals surface area contributed by atoms with Gasteiger partial charge in [-0.3, -0.25) is 4.79 Å². The van der Waals surface area contributed by atoms with Gasteiger partial charge in [0, 0.05) is 0 Å². The van der Waals surface area contributed by atoms with Crippen LogP contribution in [0.5, 0.6) is 0 Å². The Morgan fingerprint density at radius 2 is 2.05 bits per heavy atom. The molecule has 3 nitrogen and oxygen atoms in total. The molecule has 0 heterocycles. The summed E-state index contributed by atoms with van der Waals surface area (Å²) in [5.74, 6) is -0.339. The van der Waals surface area contributed by atoms with Gasteiger partial charge in [-0.2, -0.15) is 0 Å². The largest absolute Gasteiger partial charge is 0.466 e. The van der Waals surface area contributed by atoms with Gasteiger partial charge in [0.05, 0.1) is 19.1 Å². The summed E-state index contributed by atoms with van der Waals surface area (Å²) in [5, 5.41) is 9.91. The Bertz CT molecular complexity index is 488. The molecule has 1 aromatic carbocycles. The number of aliphatic hydroxyl groups excluding tert-OH is 1. The molecule has 114 valence electrons. The van der Waals surface area contributed by atoms with E-state index in [4.69, 9.17) is 4.74 Å². The van der Waals surface area contributed by atoms with Gasteiger partial charge >= 0.3 is 5.97 Å². The van der Waals surface area contributed by atoms with Crippen LogP contribution in [0.4, 0.5) is 0 Å². The van der Waals surface area contributed by atoms with E-state index < -0.39 is 6.10 Å². The Labute approximate surface area is 126 Å². The van der Waals surface area contributed by atoms with Crippen LogP contribution in [0.1, 0.15) is 50.2 Å². The first-order chi connectivity index (χ1) is 10.2. The summed E-state index contributed by atoms with van der Waals surface area (Å²) in [6.45, 7) is 2.12. The number of aliphatic hydroxyl groups is 1. The fourth-order valence-electron chi connectivity index (χ4n) is 2.71. The molecule has 2 rings (SSSR count). The molecular weight excluding hydrogens is 264 g/mol. The number of carbonyl (C=O) groups is 1. The van der Waals surface area contributed by atoms with E-state index in [1.54, 1.807) is 6.92 Å². The fraction of sp³-hybridized carbons (Fsp3) is 0.500. The molecule has 1 aliphatic rings. The van der Waals surface area contributed by atoms with Crippen LogP contribution < -0.4 is 0 Å². The zero-order valence-corrected chi connectivity index (χ0v) is 12.7. The number of benzene rings is 1. The number of hydrogen-bond donors (Lipinski definition) is 1. The number of esters is 1. The summed E-state index contributed by atoms with van der Waals surface area (Å²) in [6, 6.07) is 8.31. The third-order valence-corrected chi connectivity index (χ3v) is 3.79. The van der Waals surface area contributed by atoms with E-state index >= 15 is 0 Å². The molecule has 1 N–H and O–H groups in total. The zero-order valence-electron chi connectivity index (χ0n) is 12.7. The van der Waals surface area contributed by atoms with E-state index in [1.165, 1.54) is 30.4 Å². The molecule has 0 saturated heterocycles. The average molecular weight is 288 g/mol. The summed E-state index contributed by atoms with van der Waals surface area (Å²) in [6.07, 6.45) is 7.09. The SMILES string of the molecule is CCOC(=O)C[C@@H](O)Cc1ccc(C2=CCCCC2)cc1. The van der Waals surface area contributed by atoms with Gasteiger partial charge in [-0.15, -0.1) is 0 Å². The van der Waals surface area contributed by atoms with Crippen molar-refractivity contribution in [2.45, 2.75) is 51.6 Å². The number of allylic oxidation sites excluding steroid dienone is 2. The molecule has 0 fully saturated rings. The van der Waals surface area contributed by atoms with Crippen LogP contribution in [0.2, 0.25) is 0 Å². The summed E-state index contributed by atoms with van der Waals surface area (Å²) in [7, 11) is 0. The maximum atomic E-state index is 11.3. The first kappa shape index (κ1) is 15.8. The molecule has 0 aliphatic heterocycles. The minimum atomic E-state index is -0.677. The lowest BCUT2D eigenvalue weighted by molar-refractivity contribution is -0.145. The first-order valence-corrected chi connectivity index (χ1v) is 7.81. The second-order valence-corrected chi connectivity index (χ2v) is 5.54. The smallest absolute Gasteiger partial charge is 0.308 e. The summed E-state index contributed by atoms with van der Waals surface area (Å²) in [4.78, 5) is 11.3. The standard InChI is InChI=1S/C18H24O3/c1-2-21-18(20)13-17(19)12-14-8-10-16(11-9-14)15-6-4-3-5-7-15/h6,8-11,17,19H,2-5,7,12-13H2,1H3/t17-/m0/s1. The third kappa shape index (κ3) is 5.01. The number of carbonyl (C=O) groups excluding carboxylic acids is 1. The molecule has 0 spiro atoms. The van der Waals surface area contributed by atoms with Crippen molar-refractivity contribution in [3.8, 4) is 0 Å². The lowest BCUT2D eigenvalue weighted by atomic mass is 9.92. The highest BCUT2D eigenvalue weighted by Gasteiger charge is 2.13. The van der Waals surface area contributed by atoms with Gasteiger partial charge in [-0.1, -0.05) is 30.3 Å². The van der Waals surface area contributed by atoms with Gasteiger partial charge in [0.15, 0.2) is 0 Å². The summed E-state index contributed by atoms with van der Waals surface area (Å²) >= 11 is 0. The second kappa shape index (κ2) is 7.99. The van der Waals surface area contributed by atoms with Gasteiger partial charge in [-0.05, 0) is 55.7 Å². The minimum Gasteiger partial charge on any atom is -0.466 e. The van der Waals surface area contributed by atoms with Gasteiger partial charge in [0.1, 0.15) is 0 Å². The van der Waals surface area contributed by atoms with Crippen LogP contribution in [0.25, 0.3) is 5.57 Å². The van der Waals surface area contributed by atoms with Crippen LogP contribution in [0.15, 0.2) is 30.3 Å². The predicted octanol–water partition coefficient (Wildman–Crippen LogP) is 3.50. The van der Waals surface area contributed by atoms with E-state index in [9.17, 15) is 9.90 Å². The molecule has 21 heavy (non-hydrogen) atoms. The Hall–Kier alpha value is -1.61. The van der Waals surface area contributed by atoms with Gasteiger partial charge in [-0.25, -0.2) is 0 Å². The van der Waals surface area contributed by atoms with Crippen molar-refractivity contribution in [3.63, 3.8) is 0 Å². The van der Waals surface area contributed by atoms with E-state index in [1.807, 2.05) is 12.1 Å². The van der Waals surface area contributed by atoms with Crippen molar-refractivity contribution in [2.24, 2.45) is 0 Å². The summed E-state index contributed by atoms with van der Waals surface area (Å²) < 4.78 is 4.84. The predicted molar refractivity (Wildman–Crippen MR) is 83.8 cm³/mol. The van der Waals surface area contributed by atoms with E-state index in [2.05, 4.69) is 18.2 Å². The normalized spacial score (nSPS) is 16.2. The average Bonchev–Trinajstić information content (AvgIpc) is 2.49. The van der Waals surface area contributed by atoms with Crippen LogP contribution in [-0.4, -0.2) is 23.8 Å². The first-order valence-electron chi connectivity index (χ1n) is 7.81. The van der Waals surface area contributed by atoms with Crippen molar-refractivity contribution in [2.75, 3.05) is 6.61 Å². The van der Waals surface area contributed by atoms with E-state index in [0.29, 0.717) is 13.0 Å². The van der Waals surface area contributed by atoms with E-state index in [-0.39, 0.29) is 12.4 Å². The van der Waals surface area contributed by atoms with Crippen LogP contribution in [0, 0.1) is 0 Å². The van der Waals surface area contributed by atoms with Crippen molar-refractivity contribution in [3.05, 3.63) is 41.5 Å². The maximum absolute atomic E-state index is 11.3. The quantitative estimate of drug-likeness (QED) is 0.815. The lowest BCUT2D eigenvalue weighted by Crippen LogP contribution is -2.18. The molecule has 1 aliphatic carbocycles. The van der Waals surface area contributed by atoms with Crippen LogP contribution in [-0.2, 0) is 16.0 Å². The molecule has 0 bridgehead atoms. The number of ether oxygens (including phenoxy) is 1. The molecule has 0 aromatic heterocycles. The van der Waals surface area contributed by atoms with Crippen LogP contribution >= 0.6 is 0 Å². The third-order valence-electron chi connectivity index (χ3n) is 3.79. The van der Waals surface area contributed by atoms with Crippen molar-refractivity contribution >= 4 is 11.5 Å².